The second kappa shape index (κ2) is 6.81. The molecule has 0 saturated carbocycles. The van der Waals surface area contributed by atoms with E-state index in [0.29, 0.717) is 30.3 Å². The number of furan rings is 1. The highest BCUT2D eigenvalue weighted by Gasteiger charge is 2.32. The number of likely N-dealkylation sites (tertiary alicyclic amines) is 1. The fourth-order valence-electron chi connectivity index (χ4n) is 4.20. The maximum absolute atomic E-state index is 11.0. The lowest BCUT2D eigenvalue weighted by molar-refractivity contribution is 0.0812. The van der Waals surface area contributed by atoms with Crippen molar-refractivity contribution in [2.45, 2.75) is 6.04 Å². The molecule has 9 heteroatoms. The molecule has 1 aliphatic rings. The summed E-state index contributed by atoms with van der Waals surface area (Å²) in [6.07, 6.45) is 8.06. The third-order valence-corrected chi connectivity index (χ3v) is 5.95. The molecule has 0 atom stereocenters. The summed E-state index contributed by atoms with van der Waals surface area (Å²) in [4.78, 5) is 20.9. The summed E-state index contributed by atoms with van der Waals surface area (Å²) in [6.45, 7) is 0.856. The first-order valence-electron chi connectivity index (χ1n) is 10.1. The molecule has 6 rings (SSSR count). The van der Waals surface area contributed by atoms with Crippen LogP contribution in [0, 0.1) is 0 Å². The third-order valence-electron chi connectivity index (χ3n) is 5.95. The molecule has 32 heavy (non-hydrogen) atoms. The number of nitrogens with two attached hydrogens (primary N) is 1. The fraction of sp³-hybridized carbons (Fsp3) is 0.130. The van der Waals surface area contributed by atoms with Gasteiger partial charge in [0.2, 0.25) is 0 Å². The summed E-state index contributed by atoms with van der Waals surface area (Å²) in [7, 11) is 0. The number of rotatable bonds is 3. The van der Waals surface area contributed by atoms with Crippen LogP contribution >= 0.6 is 0 Å². The number of pyridine rings is 2. The van der Waals surface area contributed by atoms with Gasteiger partial charge in [-0.3, -0.25) is 9.67 Å². The third kappa shape index (κ3) is 2.78. The van der Waals surface area contributed by atoms with Crippen molar-refractivity contribution in [3.63, 3.8) is 0 Å². The van der Waals surface area contributed by atoms with Crippen molar-refractivity contribution in [2.75, 3.05) is 18.8 Å². The van der Waals surface area contributed by atoms with E-state index in [-0.39, 0.29) is 6.04 Å². The van der Waals surface area contributed by atoms with Crippen LogP contribution in [0.25, 0.3) is 44.2 Å². The zero-order valence-corrected chi connectivity index (χ0v) is 16.8. The predicted molar refractivity (Wildman–Crippen MR) is 119 cm³/mol. The number of benzene rings is 1. The molecule has 0 bridgehead atoms. The Balaban J connectivity index is 1.43. The molecule has 5 heterocycles. The molecule has 1 aromatic carbocycles. The van der Waals surface area contributed by atoms with Gasteiger partial charge in [-0.1, -0.05) is 18.2 Å². The molecule has 0 spiro atoms. The number of carboxylic acid groups (broad SMARTS) is 1. The molecule has 158 valence electrons. The van der Waals surface area contributed by atoms with Gasteiger partial charge in [0.15, 0.2) is 11.4 Å². The van der Waals surface area contributed by atoms with Crippen LogP contribution in [-0.2, 0) is 0 Å². The average Bonchev–Trinajstić information content (AvgIpc) is 3.41. The van der Waals surface area contributed by atoms with Crippen molar-refractivity contribution in [3.05, 3.63) is 61.3 Å². The Hall–Kier alpha value is -4.40. The highest BCUT2D eigenvalue weighted by Crippen LogP contribution is 2.38. The lowest BCUT2D eigenvalue weighted by Crippen LogP contribution is -2.50. The summed E-state index contributed by atoms with van der Waals surface area (Å²) in [5.74, 6) is 1.02. The second-order valence-electron chi connectivity index (χ2n) is 7.86. The van der Waals surface area contributed by atoms with Crippen molar-refractivity contribution < 1.29 is 14.3 Å². The number of hydrogen-bond donors (Lipinski definition) is 2. The molecule has 3 N–H and O–H groups in total. The number of nitrogens with zero attached hydrogens (tertiary/aromatic N) is 5. The van der Waals surface area contributed by atoms with E-state index in [0.717, 1.165) is 32.8 Å². The zero-order chi connectivity index (χ0) is 21.8. The Morgan fingerprint density at radius 2 is 2.00 bits per heavy atom. The quantitative estimate of drug-likeness (QED) is 0.446. The summed E-state index contributed by atoms with van der Waals surface area (Å²) in [5.41, 5.74) is 9.33. The minimum Gasteiger partial charge on any atom is -0.465 e. The molecule has 1 fully saturated rings. The standard InChI is InChI=1S/C23H18N6O3/c24-22-21-18(6-20(32-21)17-3-1-2-13-7-25-5-4-16(13)17)19(9-26-22)14-8-27-29(10-14)15-11-28(12-15)23(30)31/h1-10,15H,11-12H2,(H2,24,26)(H,30,31). The van der Waals surface area contributed by atoms with Crippen molar-refractivity contribution >= 4 is 33.7 Å². The van der Waals surface area contributed by atoms with E-state index >= 15 is 0 Å². The van der Waals surface area contributed by atoms with Gasteiger partial charge in [0.05, 0.1) is 12.2 Å². The largest absolute Gasteiger partial charge is 0.465 e. The zero-order valence-electron chi connectivity index (χ0n) is 16.8. The van der Waals surface area contributed by atoms with Crippen LogP contribution in [0.4, 0.5) is 10.6 Å². The molecule has 0 aliphatic carbocycles. The summed E-state index contributed by atoms with van der Waals surface area (Å²) in [5, 5.41) is 16.4. The molecule has 5 aromatic rings. The van der Waals surface area contributed by atoms with E-state index in [9.17, 15) is 4.79 Å². The number of carbonyl (C=O) groups is 1. The highest BCUT2D eigenvalue weighted by molar-refractivity contribution is 6.03. The fourth-order valence-corrected chi connectivity index (χ4v) is 4.20. The van der Waals surface area contributed by atoms with E-state index < -0.39 is 6.09 Å². The van der Waals surface area contributed by atoms with Crippen LogP contribution in [-0.4, -0.2) is 48.9 Å². The van der Waals surface area contributed by atoms with Crippen LogP contribution < -0.4 is 5.73 Å². The van der Waals surface area contributed by atoms with Gasteiger partial charge in [0.1, 0.15) is 5.76 Å². The lowest BCUT2D eigenvalue weighted by atomic mass is 10.0. The van der Waals surface area contributed by atoms with E-state index in [2.05, 4.69) is 15.1 Å². The number of fused-ring (bicyclic) bond motifs is 2. The summed E-state index contributed by atoms with van der Waals surface area (Å²) in [6, 6.07) is 9.95. The minimum atomic E-state index is -0.909. The number of amides is 1. The average molecular weight is 426 g/mol. The second-order valence-corrected chi connectivity index (χ2v) is 7.86. The molecule has 1 amide bonds. The first-order valence-corrected chi connectivity index (χ1v) is 10.1. The molecule has 1 aliphatic heterocycles. The lowest BCUT2D eigenvalue weighted by Gasteiger charge is -2.36. The monoisotopic (exact) mass is 426 g/mol. The number of anilines is 1. The molecule has 0 radical (unpaired) electrons. The minimum absolute atomic E-state index is 0.0290. The van der Waals surface area contributed by atoms with Gasteiger partial charge in [-0.25, -0.2) is 9.78 Å². The molecule has 0 unspecified atom stereocenters. The van der Waals surface area contributed by atoms with Gasteiger partial charge in [0, 0.05) is 65.3 Å². The van der Waals surface area contributed by atoms with E-state index in [1.54, 1.807) is 23.3 Å². The van der Waals surface area contributed by atoms with Gasteiger partial charge in [0.25, 0.3) is 0 Å². The number of hydrogen-bond acceptors (Lipinski definition) is 6. The van der Waals surface area contributed by atoms with Crippen LogP contribution in [0.5, 0.6) is 0 Å². The van der Waals surface area contributed by atoms with Gasteiger partial charge in [-0.05, 0) is 17.5 Å². The smallest absolute Gasteiger partial charge is 0.407 e. The number of nitrogen functional groups attached to an aromatic ring is 1. The van der Waals surface area contributed by atoms with Crippen molar-refractivity contribution in [1.29, 1.82) is 0 Å². The SMILES string of the molecule is Nc1ncc(-c2cnn(C3CN(C(=O)O)C3)c2)c2cc(-c3cccc4cnccc34)oc12. The van der Waals surface area contributed by atoms with E-state index in [4.69, 9.17) is 15.3 Å². The van der Waals surface area contributed by atoms with Crippen molar-refractivity contribution in [1.82, 2.24) is 24.6 Å². The topological polar surface area (TPSA) is 123 Å². The molecular weight excluding hydrogens is 408 g/mol. The van der Waals surface area contributed by atoms with E-state index in [1.165, 1.54) is 4.90 Å². The molecule has 9 nitrogen and oxygen atoms in total. The Labute approximate surface area is 181 Å². The Kier molecular flexibility index (Phi) is 3.91. The number of aromatic nitrogens is 4. The highest BCUT2D eigenvalue weighted by atomic mass is 16.4. The molecule has 1 saturated heterocycles. The maximum Gasteiger partial charge on any atom is 0.407 e. The normalized spacial score (nSPS) is 14.2. The van der Waals surface area contributed by atoms with Gasteiger partial charge in [-0.15, -0.1) is 0 Å². The van der Waals surface area contributed by atoms with Gasteiger partial charge in [-0.2, -0.15) is 5.10 Å². The van der Waals surface area contributed by atoms with Gasteiger partial charge >= 0.3 is 6.09 Å². The first-order chi connectivity index (χ1) is 15.6. The van der Waals surface area contributed by atoms with Crippen molar-refractivity contribution in [3.8, 4) is 22.5 Å². The Morgan fingerprint density at radius 3 is 2.84 bits per heavy atom. The maximum atomic E-state index is 11.0. The summed E-state index contributed by atoms with van der Waals surface area (Å²) >= 11 is 0. The predicted octanol–water partition coefficient (Wildman–Crippen LogP) is 4.02. The summed E-state index contributed by atoms with van der Waals surface area (Å²) < 4.78 is 7.98. The molecule has 4 aromatic heterocycles. The van der Waals surface area contributed by atoms with Crippen molar-refractivity contribution in [2.24, 2.45) is 0 Å². The van der Waals surface area contributed by atoms with E-state index in [1.807, 2.05) is 42.7 Å². The Bertz CT molecular complexity index is 1490. The van der Waals surface area contributed by atoms with Crippen LogP contribution in [0.1, 0.15) is 6.04 Å². The Morgan fingerprint density at radius 1 is 1.12 bits per heavy atom. The molecular formula is C23H18N6O3. The van der Waals surface area contributed by atoms with Gasteiger partial charge < -0.3 is 20.2 Å². The van der Waals surface area contributed by atoms with Crippen LogP contribution in [0.3, 0.4) is 0 Å². The van der Waals surface area contributed by atoms with Crippen LogP contribution in [0.2, 0.25) is 0 Å². The van der Waals surface area contributed by atoms with Crippen LogP contribution in [0.15, 0.2) is 65.7 Å². The first kappa shape index (κ1) is 18.4.